The largest absolute Gasteiger partial charge is 0.463 e. The van der Waals surface area contributed by atoms with Gasteiger partial charge in [-0.3, -0.25) is 0 Å². The molecule has 3 aromatic rings. The third-order valence-corrected chi connectivity index (χ3v) is 3.63. The fraction of sp³-hybridized carbons (Fsp3) is 0.333. The number of nitrogen functional groups attached to an aromatic ring is 1. The van der Waals surface area contributed by atoms with Crippen LogP contribution in [-0.4, -0.2) is 31.1 Å². The van der Waals surface area contributed by atoms with Gasteiger partial charge in [-0.25, -0.2) is 9.97 Å². The first-order valence-corrected chi connectivity index (χ1v) is 7.87. The molecule has 0 amide bonds. The van der Waals surface area contributed by atoms with Crippen molar-refractivity contribution in [2.75, 3.05) is 12.3 Å². The van der Waals surface area contributed by atoms with Gasteiger partial charge in [0.05, 0.1) is 24.5 Å². The molecule has 0 atom stereocenters. The minimum Gasteiger partial charge on any atom is -0.463 e. The van der Waals surface area contributed by atoms with E-state index in [1.165, 1.54) is 0 Å². The number of pyridine rings is 1. The third kappa shape index (κ3) is 3.53. The Morgan fingerprint density at radius 2 is 2.13 bits per heavy atom. The summed E-state index contributed by atoms with van der Waals surface area (Å²) < 4.78 is 7.46. The Bertz CT molecular complexity index is 802. The predicted octanol–water partition coefficient (Wildman–Crippen LogP) is 2.32. The highest BCUT2D eigenvalue weighted by Crippen LogP contribution is 2.20. The summed E-state index contributed by atoms with van der Waals surface area (Å²) >= 11 is 4.19. The first-order chi connectivity index (χ1) is 11.2. The molecule has 0 spiro atoms. The van der Waals surface area contributed by atoms with E-state index in [1.54, 1.807) is 12.5 Å². The number of hydrogen-bond donors (Lipinski definition) is 2. The lowest BCUT2D eigenvalue weighted by atomic mass is 10.3. The summed E-state index contributed by atoms with van der Waals surface area (Å²) in [4.78, 5) is 17.0. The number of unbranched alkanes of at least 4 members (excludes halogenated alkanes) is 1. The number of ether oxygens (including phenoxy) is 1. The highest BCUT2D eigenvalue weighted by atomic mass is 32.1. The Hall–Kier alpha value is -2.35. The molecule has 7 nitrogen and oxygen atoms in total. The summed E-state index contributed by atoms with van der Waals surface area (Å²) in [5.41, 5.74) is 8.21. The van der Waals surface area contributed by atoms with Crippen molar-refractivity contribution in [1.29, 1.82) is 0 Å². The van der Waals surface area contributed by atoms with Crippen molar-refractivity contribution in [2.45, 2.75) is 31.3 Å². The molecule has 23 heavy (non-hydrogen) atoms. The molecular formula is C15H18N6OS. The van der Waals surface area contributed by atoms with Crippen LogP contribution in [0.3, 0.4) is 0 Å². The first kappa shape index (κ1) is 15.5. The van der Waals surface area contributed by atoms with Crippen LogP contribution in [0.5, 0.6) is 6.01 Å². The second-order valence-electron chi connectivity index (χ2n) is 5.16. The van der Waals surface area contributed by atoms with E-state index in [0.29, 0.717) is 35.2 Å². The van der Waals surface area contributed by atoms with E-state index in [1.807, 2.05) is 16.7 Å². The van der Waals surface area contributed by atoms with Crippen LogP contribution in [0.2, 0.25) is 0 Å². The first-order valence-electron chi connectivity index (χ1n) is 7.42. The van der Waals surface area contributed by atoms with Gasteiger partial charge in [-0.15, -0.1) is 12.6 Å². The molecule has 0 bridgehead atoms. The number of rotatable bonds is 6. The molecule has 120 valence electrons. The van der Waals surface area contributed by atoms with Crippen molar-refractivity contribution in [3.63, 3.8) is 0 Å². The molecule has 8 heteroatoms. The molecule has 0 aliphatic carbocycles. The zero-order chi connectivity index (χ0) is 16.2. The van der Waals surface area contributed by atoms with Crippen molar-refractivity contribution < 1.29 is 4.74 Å². The van der Waals surface area contributed by atoms with Crippen LogP contribution in [0.1, 0.15) is 25.3 Å². The Morgan fingerprint density at radius 3 is 2.87 bits per heavy atom. The number of hydrogen-bond acceptors (Lipinski definition) is 7. The number of nitrogens with zero attached hydrogens (tertiary/aromatic N) is 5. The standard InChI is InChI=1S/C15H18N6OS/c1-2-3-6-22-15-19-13(16)12-14(20-15)21(9-18-12)8-10-4-5-11(23)17-7-10/h4-5,7,9H,2-3,6,8H2,1H3,(H,17,23)(H2,16,19,20). The number of nitrogens with two attached hydrogens (primary N) is 1. The van der Waals surface area contributed by atoms with Crippen LogP contribution < -0.4 is 10.5 Å². The van der Waals surface area contributed by atoms with E-state index in [2.05, 4.69) is 39.5 Å². The van der Waals surface area contributed by atoms with E-state index in [9.17, 15) is 0 Å². The summed E-state index contributed by atoms with van der Waals surface area (Å²) in [6.07, 6.45) is 5.46. The second-order valence-corrected chi connectivity index (χ2v) is 5.62. The minimum atomic E-state index is 0.286. The Labute approximate surface area is 139 Å². The number of anilines is 1. The van der Waals surface area contributed by atoms with Crippen LogP contribution in [-0.2, 0) is 6.54 Å². The van der Waals surface area contributed by atoms with E-state index >= 15 is 0 Å². The second kappa shape index (κ2) is 6.82. The maximum atomic E-state index is 5.96. The molecule has 0 aliphatic heterocycles. The predicted molar refractivity (Wildman–Crippen MR) is 90.7 cm³/mol. The topological polar surface area (TPSA) is 91.7 Å². The number of aromatic nitrogens is 5. The summed E-state index contributed by atoms with van der Waals surface area (Å²) in [7, 11) is 0. The lowest BCUT2D eigenvalue weighted by Crippen LogP contribution is -2.06. The number of imidazole rings is 1. The molecule has 0 radical (unpaired) electrons. The van der Waals surface area contributed by atoms with Crippen LogP contribution in [0, 0.1) is 0 Å². The van der Waals surface area contributed by atoms with Gasteiger partial charge < -0.3 is 15.0 Å². The Balaban J connectivity index is 1.89. The molecule has 3 aromatic heterocycles. The maximum absolute atomic E-state index is 5.96. The highest BCUT2D eigenvalue weighted by Gasteiger charge is 2.12. The van der Waals surface area contributed by atoms with E-state index in [0.717, 1.165) is 18.4 Å². The molecule has 3 heterocycles. The van der Waals surface area contributed by atoms with Crippen LogP contribution >= 0.6 is 12.6 Å². The molecule has 0 saturated heterocycles. The van der Waals surface area contributed by atoms with Crippen LogP contribution in [0.4, 0.5) is 5.82 Å². The van der Waals surface area contributed by atoms with Gasteiger partial charge in [-0.2, -0.15) is 9.97 Å². The SMILES string of the molecule is CCCCOc1nc(N)c2ncn(Cc3ccc(S)nc3)c2n1. The number of fused-ring (bicyclic) bond motifs is 1. The normalized spacial score (nSPS) is 11.0. The minimum absolute atomic E-state index is 0.286. The smallest absolute Gasteiger partial charge is 0.320 e. The quantitative estimate of drug-likeness (QED) is 0.532. The summed E-state index contributed by atoms with van der Waals surface area (Å²) in [5, 5.41) is 0.683. The van der Waals surface area contributed by atoms with Gasteiger partial charge in [0.15, 0.2) is 17.0 Å². The van der Waals surface area contributed by atoms with Crippen LogP contribution in [0.15, 0.2) is 29.7 Å². The van der Waals surface area contributed by atoms with Crippen molar-refractivity contribution in [3.05, 3.63) is 30.2 Å². The average molecular weight is 330 g/mol. The lowest BCUT2D eigenvalue weighted by molar-refractivity contribution is 0.286. The zero-order valence-electron chi connectivity index (χ0n) is 12.8. The van der Waals surface area contributed by atoms with Gasteiger partial charge in [-0.1, -0.05) is 19.4 Å². The number of thiol groups is 1. The molecule has 0 fully saturated rings. The van der Waals surface area contributed by atoms with Gasteiger partial charge in [0.1, 0.15) is 0 Å². The summed E-state index contributed by atoms with van der Waals surface area (Å²) in [6, 6.07) is 4.10. The van der Waals surface area contributed by atoms with Crippen molar-refractivity contribution in [1.82, 2.24) is 24.5 Å². The monoisotopic (exact) mass is 330 g/mol. The molecule has 0 saturated carbocycles. The molecule has 0 aliphatic rings. The van der Waals surface area contributed by atoms with Gasteiger partial charge in [-0.05, 0) is 18.1 Å². The van der Waals surface area contributed by atoms with Gasteiger partial charge in [0, 0.05) is 6.20 Å². The Morgan fingerprint density at radius 1 is 1.26 bits per heavy atom. The van der Waals surface area contributed by atoms with Gasteiger partial charge in [0.2, 0.25) is 0 Å². The Kier molecular flexibility index (Phi) is 4.61. The highest BCUT2D eigenvalue weighted by molar-refractivity contribution is 7.80. The molecule has 0 aromatic carbocycles. The van der Waals surface area contributed by atoms with E-state index in [-0.39, 0.29) is 6.01 Å². The molecule has 2 N–H and O–H groups in total. The average Bonchev–Trinajstić information content (AvgIpc) is 2.93. The van der Waals surface area contributed by atoms with Crippen molar-refractivity contribution in [2.24, 2.45) is 0 Å². The fourth-order valence-electron chi connectivity index (χ4n) is 2.14. The molecule has 3 rings (SSSR count). The molecule has 0 unspecified atom stereocenters. The van der Waals surface area contributed by atoms with Crippen molar-refractivity contribution in [3.8, 4) is 6.01 Å². The summed E-state index contributed by atoms with van der Waals surface area (Å²) in [5.74, 6) is 0.323. The third-order valence-electron chi connectivity index (χ3n) is 3.36. The molecular weight excluding hydrogens is 312 g/mol. The van der Waals surface area contributed by atoms with E-state index < -0.39 is 0 Å². The lowest BCUT2D eigenvalue weighted by Gasteiger charge is -2.07. The van der Waals surface area contributed by atoms with E-state index in [4.69, 9.17) is 10.5 Å². The van der Waals surface area contributed by atoms with Crippen LogP contribution in [0.25, 0.3) is 11.2 Å². The van der Waals surface area contributed by atoms with Gasteiger partial charge in [0.25, 0.3) is 0 Å². The summed E-state index contributed by atoms with van der Waals surface area (Å²) in [6.45, 7) is 3.26. The maximum Gasteiger partial charge on any atom is 0.320 e. The van der Waals surface area contributed by atoms with Gasteiger partial charge >= 0.3 is 6.01 Å². The zero-order valence-corrected chi connectivity index (χ0v) is 13.7. The fourth-order valence-corrected chi connectivity index (χ4v) is 2.27. The van der Waals surface area contributed by atoms with Crippen molar-refractivity contribution >= 4 is 29.6 Å².